The highest BCUT2D eigenvalue weighted by Gasteiger charge is 2.40. The maximum absolute atomic E-state index is 12.6. The van der Waals surface area contributed by atoms with Crippen molar-refractivity contribution in [1.29, 1.82) is 0 Å². The number of nitrogens with one attached hydrogen (secondary N) is 1. The van der Waals surface area contributed by atoms with Crippen molar-refractivity contribution < 1.29 is 4.79 Å². The van der Waals surface area contributed by atoms with E-state index >= 15 is 0 Å². The van der Waals surface area contributed by atoms with E-state index in [4.69, 9.17) is 0 Å². The zero-order valence-corrected chi connectivity index (χ0v) is 17.7. The predicted octanol–water partition coefficient (Wildman–Crippen LogP) is 1.44. The van der Waals surface area contributed by atoms with Crippen molar-refractivity contribution in [3.8, 4) is 0 Å². The molecule has 0 radical (unpaired) electrons. The summed E-state index contributed by atoms with van der Waals surface area (Å²) >= 11 is 0. The molecular weight excluding hydrogens is 419 g/mol. The molecule has 1 N–H and O–H groups in total. The lowest BCUT2D eigenvalue weighted by atomic mass is 9.96. The van der Waals surface area contributed by atoms with Crippen LogP contribution >= 0.6 is 24.0 Å². The van der Waals surface area contributed by atoms with Crippen LogP contribution in [-0.4, -0.2) is 62.9 Å². The summed E-state index contributed by atoms with van der Waals surface area (Å²) in [5.74, 6) is 1.80. The van der Waals surface area contributed by atoms with E-state index in [-0.39, 0.29) is 41.5 Å². The van der Waals surface area contributed by atoms with E-state index < -0.39 is 0 Å². The van der Waals surface area contributed by atoms with Gasteiger partial charge in [-0.2, -0.15) is 0 Å². The fourth-order valence-electron chi connectivity index (χ4n) is 3.37. The van der Waals surface area contributed by atoms with Gasteiger partial charge in [-0.1, -0.05) is 0 Å². The second-order valence-electron chi connectivity index (χ2n) is 6.88. The molecule has 0 atom stereocenters. The number of amides is 1. The summed E-state index contributed by atoms with van der Waals surface area (Å²) in [6.45, 7) is 9.99. The number of aliphatic imine (C=N–C) groups is 1. The van der Waals surface area contributed by atoms with Crippen LogP contribution < -0.4 is 5.32 Å². The molecular formula is C16H29IN6O. The van der Waals surface area contributed by atoms with Crippen LogP contribution in [0.1, 0.15) is 33.5 Å². The highest BCUT2D eigenvalue weighted by atomic mass is 127. The van der Waals surface area contributed by atoms with Crippen LogP contribution in [0.3, 0.4) is 0 Å². The van der Waals surface area contributed by atoms with Gasteiger partial charge in [0.25, 0.3) is 0 Å². The highest BCUT2D eigenvalue weighted by Crippen LogP contribution is 2.24. The van der Waals surface area contributed by atoms with Crippen LogP contribution in [0.4, 0.5) is 0 Å². The Balaban J connectivity index is 0.00000288. The lowest BCUT2D eigenvalue weighted by molar-refractivity contribution is -0.145. The minimum atomic E-state index is -0.232. The lowest BCUT2D eigenvalue weighted by Crippen LogP contribution is -2.66. The SMILES string of the molecule is CN=C(NCc1nccn1C)N1CC(=O)N(C(C)C)C(C)(C)C1.I. The zero-order chi connectivity index (χ0) is 17.2. The number of nitrogens with zero attached hydrogens (tertiary/aromatic N) is 5. The van der Waals surface area contributed by atoms with E-state index in [9.17, 15) is 4.79 Å². The third-order valence-corrected chi connectivity index (χ3v) is 4.18. The van der Waals surface area contributed by atoms with Gasteiger partial charge in [0.2, 0.25) is 5.91 Å². The Morgan fingerprint density at radius 1 is 1.46 bits per heavy atom. The van der Waals surface area contributed by atoms with Crippen molar-refractivity contribution >= 4 is 35.8 Å². The van der Waals surface area contributed by atoms with Crippen LogP contribution in [0.2, 0.25) is 0 Å². The smallest absolute Gasteiger partial charge is 0.242 e. The van der Waals surface area contributed by atoms with Crippen molar-refractivity contribution in [3.63, 3.8) is 0 Å². The topological polar surface area (TPSA) is 65.8 Å². The van der Waals surface area contributed by atoms with Gasteiger partial charge in [0, 0.05) is 39.1 Å². The summed E-state index contributed by atoms with van der Waals surface area (Å²) in [5, 5.41) is 3.31. The van der Waals surface area contributed by atoms with Gasteiger partial charge in [-0.05, 0) is 27.7 Å². The van der Waals surface area contributed by atoms with Gasteiger partial charge in [0.05, 0.1) is 18.6 Å². The molecule has 1 amide bonds. The van der Waals surface area contributed by atoms with Crippen molar-refractivity contribution in [1.82, 2.24) is 24.7 Å². The van der Waals surface area contributed by atoms with Gasteiger partial charge in [0.15, 0.2) is 5.96 Å². The van der Waals surface area contributed by atoms with Crippen LogP contribution in [0.5, 0.6) is 0 Å². The summed E-state index contributed by atoms with van der Waals surface area (Å²) in [6.07, 6.45) is 3.68. The number of aryl methyl sites for hydroxylation is 1. The maximum atomic E-state index is 12.6. The standard InChI is InChI=1S/C16H28N6O.HI/c1-12(2)22-14(23)10-21(11-16(22,3)4)15(17-5)19-9-13-18-7-8-20(13)6;/h7-8,12H,9-11H2,1-6H3,(H,17,19);1H. The minimum Gasteiger partial charge on any atom is -0.349 e. The second-order valence-corrected chi connectivity index (χ2v) is 6.88. The normalized spacial score (nSPS) is 18.0. The van der Waals surface area contributed by atoms with E-state index in [1.165, 1.54) is 0 Å². The Morgan fingerprint density at radius 2 is 2.12 bits per heavy atom. The molecule has 24 heavy (non-hydrogen) atoms. The van der Waals surface area contributed by atoms with E-state index in [2.05, 4.69) is 43.0 Å². The molecule has 7 nitrogen and oxygen atoms in total. The van der Waals surface area contributed by atoms with Gasteiger partial charge < -0.3 is 19.7 Å². The molecule has 8 heteroatoms. The molecule has 1 aliphatic rings. The summed E-state index contributed by atoms with van der Waals surface area (Å²) in [6, 6.07) is 0.196. The monoisotopic (exact) mass is 448 g/mol. The number of piperazine rings is 1. The number of guanidine groups is 1. The Bertz CT molecular complexity index is 595. The number of imidazole rings is 1. The number of carbonyl (C=O) groups is 1. The lowest BCUT2D eigenvalue weighted by Gasteiger charge is -2.49. The second kappa shape index (κ2) is 8.17. The first-order chi connectivity index (χ1) is 10.8. The van der Waals surface area contributed by atoms with Gasteiger partial charge in [-0.25, -0.2) is 4.98 Å². The molecule has 2 heterocycles. The summed E-state index contributed by atoms with van der Waals surface area (Å²) in [7, 11) is 3.70. The number of carbonyl (C=O) groups excluding carboxylic acids is 1. The van der Waals surface area contributed by atoms with E-state index in [0.29, 0.717) is 13.1 Å². The van der Waals surface area contributed by atoms with Gasteiger partial charge in [-0.15, -0.1) is 24.0 Å². The molecule has 0 spiro atoms. The summed E-state index contributed by atoms with van der Waals surface area (Å²) in [4.78, 5) is 25.2. The molecule has 1 saturated heterocycles. The number of hydrogen-bond acceptors (Lipinski definition) is 3. The molecule has 2 rings (SSSR count). The van der Waals surface area contributed by atoms with Crippen molar-refractivity contribution in [2.75, 3.05) is 20.1 Å². The van der Waals surface area contributed by atoms with E-state index in [1.807, 2.05) is 27.6 Å². The van der Waals surface area contributed by atoms with E-state index in [1.54, 1.807) is 13.2 Å². The Labute approximate surface area is 161 Å². The fourth-order valence-corrected chi connectivity index (χ4v) is 3.37. The molecule has 0 saturated carbocycles. The van der Waals surface area contributed by atoms with Crippen LogP contribution in [0.15, 0.2) is 17.4 Å². The number of hydrogen-bond donors (Lipinski definition) is 1. The molecule has 1 aromatic rings. The molecule has 0 unspecified atom stereocenters. The molecule has 1 fully saturated rings. The Morgan fingerprint density at radius 3 is 2.58 bits per heavy atom. The van der Waals surface area contributed by atoms with Gasteiger partial charge in [-0.3, -0.25) is 9.79 Å². The first kappa shape index (κ1) is 20.7. The van der Waals surface area contributed by atoms with Crippen molar-refractivity contribution in [2.24, 2.45) is 12.0 Å². The quantitative estimate of drug-likeness (QED) is 0.432. The average Bonchev–Trinajstić information content (AvgIpc) is 2.82. The first-order valence-electron chi connectivity index (χ1n) is 8.00. The molecule has 0 aromatic carbocycles. The predicted molar refractivity (Wildman–Crippen MR) is 106 cm³/mol. The largest absolute Gasteiger partial charge is 0.349 e. The van der Waals surface area contributed by atoms with Crippen molar-refractivity contribution in [2.45, 2.75) is 45.8 Å². The van der Waals surface area contributed by atoms with Gasteiger partial charge >= 0.3 is 0 Å². The molecule has 1 aliphatic heterocycles. The van der Waals surface area contributed by atoms with E-state index in [0.717, 1.165) is 18.3 Å². The number of halogens is 1. The van der Waals surface area contributed by atoms with Gasteiger partial charge in [0.1, 0.15) is 5.82 Å². The fraction of sp³-hybridized carbons (Fsp3) is 0.688. The highest BCUT2D eigenvalue weighted by molar-refractivity contribution is 14.0. The average molecular weight is 448 g/mol. The molecule has 0 bridgehead atoms. The summed E-state index contributed by atoms with van der Waals surface area (Å²) < 4.78 is 1.96. The molecule has 136 valence electrons. The number of aromatic nitrogens is 2. The Hall–Kier alpha value is -1.32. The third-order valence-electron chi connectivity index (χ3n) is 4.18. The van der Waals surface area contributed by atoms with Crippen molar-refractivity contribution in [3.05, 3.63) is 18.2 Å². The third kappa shape index (κ3) is 4.40. The molecule has 1 aromatic heterocycles. The maximum Gasteiger partial charge on any atom is 0.242 e. The number of rotatable bonds is 3. The Kier molecular flexibility index (Phi) is 7.06. The first-order valence-corrected chi connectivity index (χ1v) is 8.00. The van der Waals surface area contributed by atoms with Crippen LogP contribution in [0, 0.1) is 0 Å². The van der Waals surface area contributed by atoms with Crippen LogP contribution in [0.25, 0.3) is 0 Å². The summed E-state index contributed by atoms with van der Waals surface area (Å²) in [5.41, 5.74) is -0.232. The molecule has 0 aliphatic carbocycles. The zero-order valence-electron chi connectivity index (χ0n) is 15.4. The minimum absolute atomic E-state index is 0. The van der Waals surface area contributed by atoms with Crippen LogP contribution in [-0.2, 0) is 18.4 Å².